The van der Waals surface area contributed by atoms with E-state index in [1.165, 1.54) is 3.57 Å². The van der Waals surface area contributed by atoms with Gasteiger partial charge in [0.05, 0.1) is 0 Å². The number of nitrogens with two attached hydrogens (primary N) is 1. The van der Waals surface area contributed by atoms with Crippen molar-refractivity contribution >= 4 is 38.5 Å². The number of H-pyrrole nitrogens is 1. The van der Waals surface area contributed by atoms with Crippen molar-refractivity contribution in [1.29, 1.82) is 0 Å². The number of halogens is 2. The molecule has 2 rings (SSSR count). The summed E-state index contributed by atoms with van der Waals surface area (Å²) in [5, 5.41) is 0. The molecule has 0 amide bonds. The van der Waals surface area contributed by atoms with Gasteiger partial charge in [0.1, 0.15) is 5.82 Å². The van der Waals surface area contributed by atoms with Gasteiger partial charge in [-0.15, -0.1) is 0 Å². The lowest BCUT2D eigenvalue weighted by Crippen LogP contribution is -2.15. The van der Waals surface area contributed by atoms with Gasteiger partial charge in [-0.05, 0) is 46.4 Å². The van der Waals surface area contributed by atoms with E-state index in [1.807, 2.05) is 12.3 Å². The molecule has 3 N–H and O–H groups in total. The Hall–Kier alpha value is -0.400. The zero-order valence-corrected chi connectivity index (χ0v) is 12.2. The van der Waals surface area contributed by atoms with Crippen molar-refractivity contribution in [2.45, 2.75) is 12.5 Å². The summed E-state index contributed by atoms with van der Waals surface area (Å²) in [5.41, 5.74) is 7.32. The molecule has 1 atom stereocenters. The molecule has 0 saturated heterocycles. The summed E-state index contributed by atoms with van der Waals surface area (Å²) in [6.45, 7) is 0. The molecule has 0 radical (unpaired) electrons. The predicted octanol–water partition coefficient (Wildman–Crippen LogP) is 3.02. The van der Waals surface area contributed by atoms with Crippen LogP contribution in [-0.2, 0) is 6.42 Å². The summed E-state index contributed by atoms with van der Waals surface area (Å²) in [6, 6.07) is 6.11. The Bertz CT molecular complexity index is 470. The second-order valence-electron chi connectivity index (χ2n) is 3.51. The lowest BCUT2D eigenvalue weighted by Gasteiger charge is -2.13. The Kier molecular flexibility index (Phi) is 3.99. The summed E-state index contributed by atoms with van der Waals surface area (Å²) in [5.74, 6) is 0.920. The van der Waals surface area contributed by atoms with Crippen LogP contribution in [0.3, 0.4) is 0 Å². The third-order valence-electron chi connectivity index (χ3n) is 2.33. The Morgan fingerprint density at radius 3 is 3.00 bits per heavy atom. The van der Waals surface area contributed by atoms with Crippen molar-refractivity contribution in [3.63, 3.8) is 0 Å². The molecule has 0 aliphatic carbocycles. The molecular weight excluding hydrogens is 381 g/mol. The minimum absolute atomic E-state index is 0.0319. The highest BCUT2D eigenvalue weighted by Crippen LogP contribution is 2.24. The van der Waals surface area contributed by atoms with Gasteiger partial charge in [-0.25, -0.2) is 4.98 Å². The lowest BCUT2D eigenvalue weighted by atomic mass is 10.0. The Labute approximate surface area is 116 Å². The molecule has 0 aliphatic rings. The Morgan fingerprint density at radius 1 is 1.50 bits per heavy atom. The smallest absolute Gasteiger partial charge is 0.107 e. The van der Waals surface area contributed by atoms with Gasteiger partial charge >= 0.3 is 0 Å². The van der Waals surface area contributed by atoms with Crippen molar-refractivity contribution in [3.05, 3.63) is 50.0 Å². The van der Waals surface area contributed by atoms with Gasteiger partial charge in [0.2, 0.25) is 0 Å². The number of hydrogen-bond donors (Lipinski definition) is 2. The van der Waals surface area contributed by atoms with Crippen molar-refractivity contribution in [2.24, 2.45) is 5.73 Å². The Morgan fingerprint density at radius 2 is 2.31 bits per heavy atom. The summed E-state index contributed by atoms with van der Waals surface area (Å²) < 4.78 is 2.23. The van der Waals surface area contributed by atoms with Crippen LogP contribution >= 0.6 is 38.5 Å². The number of nitrogens with one attached hydrogen (secondary N) is 1. The zero-order chi connectivity index (χ0) is 11.5. The molecule has 0 fully saturated rings. The molecule has 16 heavy (non-hydrogen) atoms. The predicted molar refractivity (Wildman–Crippen MR) is 76.1 cm³/mol. The topological polar surface area (TPSA) is 54.7 Å². The molecule has 1 aromatic heterocycles. The number of imidazole rings is 1. The van der Waals surface area contributed by atoms with Crippen LogP contribution < -0.4 is 5.73 Å². The SMILES string of the molecule is NC(Cc1ncc[nH]1)c1cc(Br)ccc1I. The highest BCUT2D eigenvalue weighted by atomic mass is 127. The van der Waals surface area contributed by atoms with Crippen molar-refractivity contribution in [1.82, 2.24) is 9.97 Å². The van der Waals surface area contributed by atoms with Crippen LogP contribution in [0.1, 0.15) is 17.4 Å². The molecule has 0 aliphatic heterocycles. The molecule has 1 aromatic carbocycles. The van der Waals surface area contributed by atoms with E-state index in [-0.39, 0.29) is 6.04 Å². The maximum Gasteiger partial charge on any atom is 0.107 e. The standard InChI is InChI=1S/C11H11BrIN3/c12-7-1-2-9(13)8(5-7)10(14)6-11-15-3-4-16-11/h1-5,10H,6,14H2,(H,15,16). The van der Waals surface area contributed by atoms with Crippen LogP contribution in [0.25, 0.3) is 0 Å². The van der Waals surface area contributed by atoms with Gasteiger partial charge in [-0.1, -0.05) is 15.9 Å². The summed E-state index contributed by atoms with van der Waals surface area (Å²) in [7, 11) is 0. The molecule has 1 unspecified atom stereocenters. The third kappa shape index (κ3) is 2.83. The highest BCUT2D eigenvalue weighted by molar-refractivity contribution is 14.1. The lowest BCUT2D eigenvalue weighted by molar-refractivity contribution is 0.691. The molecule has 0 bridgehead atoms. The normalized spacial score (nSPS) is 12.7. The van der Waals surface area contributed by atoms with Crippen LogP contribution in [0, 0.1) is 3.57 Å². The molecule has 0 saturated carbocycles. The van der Waals surface area contributed by atoms with Crippen molar-refractivity contribution in [3.8, 4) is 0 Å². The number of aromatic nitrogens is 2. The maximum absolute atomic E-state index is 6.17. The van der Waals surface area contributed by atoms with Crippen molar-refractivity contribution < 1.29 is 0 Å². The molecular formula is C11H11BrIN3. The largest absolute Gasteiger partial charge is 0.349 e. The third-order valence-corrected chi connectivity index (χ3v) is 3.80. The van der Waals surface area contributed by atoms with Gasteiger partial charge < -0.3 is 10.7 Å². The van der Waals surface area contributed by atoms with E-state index >= 15 is 0 Å². The first-order valence-corrected chi connectivity index (χ1v) is 6.73. The van der Waals surface area contributed by atoms with E-state index < -0.39 is 0 Å². The summed E-state index contributed by atoms with van der Waals surface area (Å²) in [4.78, 5) is 7.25. The van der Waals surface area contributed by atoms with Crippen molar-refractivity contribution in [2.75, 3.05) is 0 Å². The second-order valence-corrected chi connectivity index (χ2v) is 5.59. The number of hydrogen-bond acceptors (Lipinski definition) is 2. The van der Waals surface area contributed by atoms with Crippen LogP contribution in [-0.4, -0.2) is 9.97 Å². The van der Waals surface area contributed by atoms with E-state index in [9.17, 15) is 0 Å². The van der Waals surface area contributed by atoms with E-state index in [1.54, 1.807) is 6.20 Å². The van der Waals surface area contributed by atoms with Gasteiger partial charge in [-0.2, -0.15) is 0 Å². The zero-order valence-electron chi connectivity index (χ0n) is 8.45. The molecule has 84 valence electrons. The quantitative estimate of drug-likeness (QED) is 0.790. The molecule has 2 aromatic rings. The van der Waals surface area contributed by atoms with E-state index in [2.05, 4.69) is 60.6 Å². The number of rotatable bonds is 3. The van der Waals surface area contributed by atoms with Gasteiger partial charge in [-0.3, -0.25) is 0 Å². The average molecular weight is 392 g/mol. The molecule has 0 spiro atoms. The van der Waals surface area contributed by atoms with E-state index in [0.717, 1.165) is 22.3 Å². The number of nitrogens with zero attached hydrogens (tertiary/aromatic N) is 1. The van der Waals surface area contributed by atoms with Gasteiger partial charge in [0, 0.05) is 32.9 Å². The summed E-state index contributed by atoms with van der Waals surface area (Å²) in [6.07, 6.45) is 4.28. The monoisotopic (exact) mass is 391 g/mol. The van der Waals surface area contributed by atoms with Crippen LogP contribution in [0.15, 0.2) is 35.1 Å². The average Bonchev–Trinajstić information content (AvgIpc) is 2.74. The minimum atomic E-state index is -0.0319. The first-order valence-electron chi connectivity index (χ1n) is 4.85. The van der Waals surface area contributed by atoms with E-state index in [0.29, 0.717) is 0 Å². The van der Waals surface area contributed by atoms with E-state index in [4.69, 9.17) is 5.73 Å². The fourth-order valence-electron chi connectivity index (χ4n) is 1.53. The first kappa shape index (κ1) is 12.1. The molecule has 3 nitrogen and oxygen atoms in total. The summed E-state index contributed by atoms with van der Waals surface area (Å²) >= 11 is 5.76. The molecule has 5 heteroatoms. The van der Waals surface area contributed by atoms with Gasteiger partial charge in [0.15, 0.2) is 0 Å². The number of benzene rings is 1. The Balaban J connectivity index is 2.20. The number of aromatic amines is 1. The van der Waals surface area contributed by atoms with Crippen LogP contribution in [0.4, 0.5) is 0 Å². The van der Waals surface area contributed by atoms with Gasteiger partial charge in [0.25, 0.3) is 0 Å². The first-order chi connectivity index (χ1) is 7.66. The van der Waals surface area contributed by atoms with Crippen LogP contribution in [0.5, 0.6) is 0 Å². The fraction of sp³-hybridized carbons (Fsp3) is 0.182. The minimum Gasteiger partial charge on any atom is -0.349 e. The van der Waals surface area contributed by atoms with Crippen LogP contribution in [0.2, 0.25) is 0 Å². The fourth-order valence-corrected chi connectivity index (χ4v) is 2.64. The molecule has 1 heterocycles. The highest BCUT2D eigenvalue weighted by Gasteiger charge is 2.12. The second kappa shape index (κ2) is 5.29. The maximum atomic E-state index is 6.17.